The van der Waals surface area contributed by atoms with Crippen LogP contribution in [0.25, 0.3) is 0 Å². The van der Waals surface area contributed by atoms with E-state index in [1.54, 1.807) is 0 Å². The molecule has 2 rings (SSSR count). The Bertz CT molecular complexity index is 225. The van der Waals surface area contributed by atoms with E-state index in [1.165, 1.54) is 0 Å². The highest BCUT2D eigenvalue weighted by molar-refractivity contribution is 4.97. The summed E-state index contributed by atoms with van der Waals surface area (Å²) in [5.41, 5.74) is -0.699. The molecule has 2 fully saturated rings. The van der Waals surface area contributed by atoms with Crippen molar-refractivity contribution < 1.29 is 14.6 Å². The minimum Gasteiger partial charge on any atom is -0.389 e. The van der Waals surface area contributed by atoms with E-state index < -0.39 is 5.60 Å². The van der Waals surface area contributed by atoms with E-state index in [4.69, 9.17) is 9.47 Å². The zero-order valence-corrected chi connectivity index (χ0v) is 9.79. The Labute approximate surface area is 91.8 Å². The highest BCUT2D eigenvalue weighted by Crippen LogP contribution is 2.41. The minimum absolute atomic E-state index is 0.143. The first-order chi connectivity index (χ1) is 7.08. The Balaban J connectivity index is 2.06. The Morgan fingerprint density at radius 1 is 1.40 bits per heavy atom. The number of hydrogen-bond donors (Lipinski definition) is 1. The number of rotatable bonds is 2. The van der Waals surface area contributed by atoms with Crippen LogP contribution < -0.4 is 0 Å². The molecule has 0 amide bonds. The second-order valence-corrected chi connectivity index (χ2v) is 5.24. The van der Waals surface area contributed by atoms with Gasteiger partial charge in [-0.25, -0.2) is 0 Å². The molecule has 3 unspecified atom stereocenters. The lowest BCUT2D eigenvalue weighted by molar-refractivity contribution is -0.173. The predicted octanol–water partition coefficient (Wildman–Crippen LogP) is 1.73. The van der Waals surface area contributed by atoms with Gasteiger partial charge in [0.25, 0.3) is 0 Å². The monoisotopic (exact) mass is 214 g/mol. The van der Waals surface area contributed by atoms with Gasteiger partial charge >= 0.3 is 0 Å². The van der Waals surface area contributed by atoms with Crippen LogP contribution in [0.15, 0.2) is 0 Å². The van der Waals surface area contributed by atoms with Gasteiger partial charge in [-0.1, -0.05) is 6.92 Å². The Morgan fingerprint density at radius 3 is 2.80 bits per heavy atom. The molecule has 0 radical (unpaired) electrons. The van der Waals surface area contributed by atoms with Gasteiger partial charge in [-0.2, -0.15) is 0 Å². The molecule has 3 atom stereocenters. The molecular weight excluding hydrogens is 192 g/mol. The lowest BCUT2D eigenvalue weighted by atomic mass is 9.74. The summed E-state index contributed by atoms with van der Waals surface area (Å²) >= 11 is 0. The zero-order valence-electron chi connectivity index (χ0n) is 9.79. The molecule has 0 bridgehead atoms. The molecule has 2 aliphatic rings. The SMILES string of the molecule is CCC1(C)CC(O)(C2CCOC2)CCO1. The fourth-order valence-electron chi connectivity index (χ4n) is 2.79. The van der Waals surface area contributed by atoms with Crippen molar-refractivity contribution in [3.05, 3.63) is 0 Å². The zero-order chi connectivity index (χ0) is 10.9. The van der Waals surface area contributed by atoms with Gasteiger partial charge in [0, 0.05) is 18.9 Å². The predicted molar refractivity (Wildman–Crippen MR) is 57.8 cm³/mol. The van der Waals surface area contributed by atoms with Crippen LogP contribution in [0.4, 0.5) is 0 Å². The topological polar surface area (TPSA) is 38.7 Å². The summed E-state index contributed by atoms with van der Waals surface area (Å²) < 4.78 is 11.1. The first kappa shape index (κ1) is 11.4. The maximum atomic E-state index is 10.7. The number of ether oxygens (including phenoxy) is 2. The van der Waals surface area contributed by atoms with Crippen LogP contribution in [0.2, 0.25) is 0 Å². The summed E-state index contributed by atoms with van der Waals surface area (Å²) in [4.78, 5) is 0. The summed E-state index contributed by atoms with van der Waals surface area (Å²) in [6.45, 7) is 6.42. The third-order valence-electron chi connectivity index (χ3n) is 4.10. The van der Waals surface area contributed by atoms with Crippen molar-refractivity contribution in [2.75, 3.05) is 19.8 Å². The maximum absolute atomic E-state index is 10.7. The van der Waals surface area contributed by atoms with Gasteiger partial charge in [0.05, 0.1) is 24.4 Å². The minimum atomic E-state index is -0.556. The highest BCUT2D eigenvalue weighted by Gasteiger charge is 2.46. The normalized spacial score (nSPS) is 47.0. The van der Waals surface area contributed by atoms with E-state index in [1.807, 2.05) is 0 Å². The van der Waals surface area contributed by atoms with E-state index in [-0.39, 0.29) is 5.60 Å². The molecule has 2 aliphatic heterocycles. The van der Waals surface area contributed by atoms with E-state index in [0.717, 1.165) is 38.9 Å². The van der Waals surface area contributed by atoms with Crippen LogP contribution in [0, 0.1) is 5.92 Å². The molecule has 15 heavy (non-hydrogen) atoms. The van der Waals surface area contributed by atoms with Crippen LogP contribution in [0.3, 0.4) is 0 Å². The fourth-order valence-corrected chi connectivity index (χ4v) is 2.79. The average molecular weight is 214 g/mol. The molecule has 3 heteroatoms. The summed E-state index contributed by atoms with van der Waals surface area (Å²) in [5, 5.41) is 10.7. The van der Waals surface area contributed by atoms with Gasteiger partial charge in [0.1, 0.15) is 0 Å². The molecule has 0 aliphatic carbocycles. The van der Waals surface area contributed by atoms with Gasteiger partial charge in [0.15, 0.2) is 0 Å². The van der Waals surface area contributed by atoms with E-state index >= 15 is 0 Å². The molecule has 0 aromatic rings. The molecule has 3 nitrogen and oxygen atoms in total. The standard InChI is InChI=1S/C12H22O3/c1-3-11(2)9-12(13,5-7-15-11)10-4-6-14-8-10/h10,13H,3-9H2,1-2H3. The van der Waals surface area contributed by atoms with Crippen molar-refractivity contribution in [3.63, 3.8) is 0 Å². The quantitative estimate of drug-likeness (QED) is 0.761. The maximum Gasteiger partial charge on any atom is 0.0747 e. The van der Waals surface area contributed by atoms with E-state index in [9.17, 15) is 5.11 Å². The Morgan fingerprint density at radius 2 is 2.20 bits per heavy atom. The molecule has 0 spiro atoms. The fraction of sp³-hybridized carbons (Fsp3) is 1.00. The highest BCUT2D eigenvalue weighted by atomic mass is 16.5. The van der Waals surface area contributed by atoms with Crippen molar-refractivity contribution >= 4 is 0 Å². The second kappa shape index (κ2) is 4.04. The van der Waals surface area contributed by atoms with Gasteiger partial charge in [-0.05, 0) is 26.2 Å². The van der Waals surface area contributed by atoms with Crippen LogP contribution in [-0.2, 0) is 9.47 Å². The molecule has 2 heterocycles. The molecule has 0 aromatic carbocycles. The summed E-state index contributed by atoms with van der Waals surface area (Å²) in [6.07, 6.45) is 3.47. The third kappa shape index (κ3) is 2.19. The summed E-state index contributed by atoms with van der Waals surface area (Å²) in [5.74, 6) is 0.312. The van der Waals surface area contributed by atoms with Crippen LogP contribution in [0.1, 0.15) is 39.5 Å². The summed E-state index contributed by atoms with van der Waals surface area (Å²) in [7, 11) is 0. The summed E-state index contributed by atoms with van der Waals surface area (Å²) in [6, 6.07) is 0. The molecular formula is C12H22O3. The second-order valence-electron chi connectivity index (χ2n) is 5.24. The van der Waals surface area contributed by atoms with Crippen molar-refractivity contribution in [2.45, 2.75) is 50.7 Å². The first-order valence-electron chi connectivity index (χ1n) is 6.02. The molecule has 0 saturated carbocycles. The number of hydrogen-bond acceptors (Lipinski definition) is 3. The number of aliphatic hydroxyl groups is 1. The van der Waals surface area contributed by atoms with Crippen molar-refractivity contribution in [1.82, 2.24) is 0 Å². The van der Waals surface area contributed by atoms with E-state index in [0.29, 0.717) is 12.5 Å². The lowest BCUT2D eigenvalue weighted by Crippen LogP contribution is -2.51. The van der Waals surface area contributed by atoms with Gasteiger partial charge < -0.3 is 14.6 Å². The van der Waals surface area contributed by atoms with Crippen LogP contribution >= 0.6 is 0 Å². The molecule has 2 saturated heterocycles. The van der Waals surface area contributed by atoms with Gasteiger partial charge in [0.2, 0.25) is 0 Å². The Kier molecular flexibility index (Phi) is 3.06. The van der Waals surface area contributed by atoms with Gasteiger partial charge in [-0.3, -0.25) is 0 Å². The van der Waals surface area contributed by atoms with Crippen molar-refractivity contribution in [1.29, 1.82) is 0 Å². The largest absolute Gasteiger partial charge is 0.389 e. The van der Waals surface area contributed by atoms with Crippen molar-refractivity contribution in [3.8, 4) is 0 Å². The molecule has 0 aromatic heterocycles. The third-order valence-corrected chi connectivity index (χ3v) is 4.10. The Hall–Kier alpha value is -0.120. The smallest absolute Gasteiger partial charge is 0.0747 e. The lowest BCUT2D eigenvalue weighted by Gasteiger charge is -2.45. The van der Waals surface area contributed by atoms with E-state index in [2.05, 4.69) is 13.8 Å². The van der Waals surface area contributed by atoms with Gasteiger partial charge in [-0.15, -0.1) is 0 Å². The molecule has 88 valence electrons. The molecule has 1 N–H and O–H groups in total. The first-order valence-corrected chi connectivity index (χ1v) is 6.02. The average Bonchev–Trinajstić information content (AvgIpc) is 2.71. The van der Waals surface area contributed by atoms with Crippen LogP contribution in [-0.4, -0.2) is 36.1 Å². The van der Waals surface area contributed by atoms with Crippen molar-refractivity contribution in [2.24, 2.45) is 5.92 Å². The van der Waals surface area contributed by atoms with Crippen LogP contribution in [0.5, 0.6) is 0 Å².